The van der Waals surface area contributed by atoms with E-state index in [4.69, 9.17) is 0 Å². The molecule has 1 aromatic rings. The molecule has 0 aliphatic rings. The first kappa shape index (κ1) is 19.1. The van der Waals surface area contributed by atoms with Crippen LogP contribution in [0.15, 0.2) is 6.07 Å². The Hall–Kier alpha value is -0.920. The quantitative estimate of drug-likeness (QED) is 0.389. The highest BCUT2D eigenvalue weighted by Gasteiger charge is 2.00. The molecule has 125 valence electrons. The molecule has 22 heavy (non-hydrogen) atoms. The second-order valence-electron chi connectivity index (χ2n) is 6.49. The fourth-order valence-electron chi connectivity index (χ4n) is 2.84. The maximum atomic E-state index is 4.31. The van der Waals surface area contributed by atoms with Crippen molar-refractivity contribution in [2.45, 2.75) is 104 Å². The zero-order chi connectivity index (χ0) is 15.9. The number of aromatic nitrogens is 2. The van der Waals surface area contributed by atoms with E-state index in [1.54, 1.807) is 0 Å². The Morgan fingerprint density at radius 3 is 1.50 bits per heavy atom. The minimum absolute atomic E-state index is 1.09. The molecule has 0 aliphatic carbocycles. The Morgan fingerprint density at radius 2 is 1.05 bits per heavy atom. The predicted molar refractivity (Wildman–Crippen MR) is 95.0 cm³/mol. The minimum atomic E-state index is 1.09. The SMILES string of the molecule is CCCCCCCCc1cc(CCCCCCCC)n[c]n1. The van der Waals surface area contributed by atoms with Gasteiger partial charge in [-0.15, -0.1) is 0 Å². The van der Waals surface area contributed by atoms with Crippen molar-refractivity contribution in [2.75, 3.05) is 0 Å². The monoisotopic (exact) mass is 303 g/mol. The fourth-order valence-corrected chi connectivity index (χ4v) is 2.84. The Morgan fingerprint density at radius 1 is 0.636 bits per heavy atom. The fraction of sp³-hybridized carbons (Fsp3) is 0.800. The molecule has 0 aliphatic heterocycles. The van der Waals surface area contributed by atoms with Crippen molar-refractivity contribution in [1.82, 2.24) is 9.97 Å². The van der Waals surface area contributed by atoms with E-state index in [-0.39, 0.29) is 0 Å². The molecule has 0 unspecified atom stereocenters. The van der Waals surface area contributed by atoms with E-state index in [1.807, 2.05) is 0 Å². The van der Waals surface area contributed by atoms with Gasteiger partial charge in [-0.05, 0) is 31.7 Å². The number of aryl methyl sites for hydroxylation is 2. The van der Waals surface area contributed by atoms with Crippen molar-refractivity contribution in [2.24, 2.45) is 0 Å². The van der Waals surface area contributed by atoms with Crippen molar-refractivity contribution in [1.29, 1.82) is 0 Å². The van der Waals surface area contributed by atoms with Gasteiger partial charge >= 0.3 is 0 Å². The van der Waals surface area contributed by atoms with Gasteiger partial charge in [-0.3, -0.25) is 0 Å². The van der Waals surface area contributed by atoms with Crippen molar-refractivity contribution < 1.29 is 0 Å². The van der Waals surface area contributed by atoms with Crippen LogP contribution in [0.4, 0.5) is 0 Å². The molecule has 2 heteroatoms. The number of unbranched alkanes of at least 4 members (excludes halogenated alkanes) is 10. The van der Waals surface area contributed by atoms with Gasteiger partial charge in [0.05, 0.1) is 0 Å². The molecule has 0 spiro atoms. The minimum Gasteiger partial charge on any atom is -0.230 e. The molecule has 0 amide bonds. The summed E-state index contributed by atoms with van der Waals surface area (Å²) in [5.41, 5.74) is 2.37. The van der Waals surface area contributed by atoms with E-state index >= 15 is 0 Å². The van der Waals surface area contributed by atoms with Gasteiger partial charge in [-0.2, -0.15) is 0 Å². The number of hydrogen-bond acceptors (Lipinski definition) is 2. The number of nitrogens with zero attached hydrogens (tertiary/aromatic N) is 2. The molecule has 1 radical (unpaired) electrons. The standard InChI is InChI=1S/C20H35N2/c1-3-5-7-9-11-13-15-19-17-20(22-18-21-19)16-14-12-10-8-6-4-2/h17H,3-16H2,1-2H3. The lowest BCUT2D eigenvalue weighted by atomic mass is 10.1. The van der Waals surface area contributed by atoms with E-state index in [0.29, 0.717) is 0 Å². The Labute approximate surface area is 138 Å². The van der Waals surface area contributed by atoms with E-state index in [2.05, 4.69) is 36.2 Å². The van der Waals surface area contributed by atoms with Crippen molar-refractivity contribution in [3.8, 4) is 0 Å². The molecule has 1 aromatic heterocycles. The van der Waals surface area contributed by atoms with E-state index in [0.717, 1.165) is 12.8 Å². The normalized spacial score (nSPS) is 11.0. The average Bonchev–Trinajstić information content (AvgIpc) is 2.54. The van der Waals surface area contributed by atoms with Crippen molar-refractivity contribution in [3.63, 3.8) is 0 Å². The second kappa shape index (κ2) is 13.7. The maximum absolute atomic E-state index is 4.31. The van der Waals surface area contributed by atoms with Crippen LogP contribution in [0.2, 0.25) is 0 Å². The van der Waals surface area contributed by atoms with Crippen LogP contribution in [0, 0.1) is 6.33 Å². The molecular weight excluding hydrogens is 268 g/mol. The summed E-state index contributed by atoms with van der Waals surface area (Å²) in [6.07, 6.45) is 21.1. The van der Waals surface area contributed by atoms with Crippen LogP contribution in [0.3, 0.4) is 0 Å². The first-order valence-electron chi connectivity index (χ1n) is 9.59. The van der Waals surface area contributed by atoms with Crippen LogP contribution in [0.5, 0.6) is 0 Å². The lowest BCUT2D eigenvalue weighted by Crippen LogP contribution is -1.97. The molecular formula is C20H35N2. The number of rotatable bonds is 14. The zero-order valence-corrected chi connectivity index (χ0v) is 14.9. The van der Waals surface area contributed by atoms with Gasteiger partial charge in [-0.25, -0.2) is 9.97 Å². The Kier molecular flexibility index (Phi) is 11.9. The third-order valence-electron chi connectivity index (χ3n) is 4.29. The first-order chi connectivity index (χ1) is 10.9. The maximum Gasteiger partial charge on any atom is 0.198 e. The molecule has 1 rings (SSSR count). The molecule has 0 N–H and O–H groups in total. The molecule has 1 heterocycles. The average molecular weight is 304 g/mol. The van der Waals surface area contributed by atoms with Gasteiger partial charge in [-0.1, -0.05) is 78.1 Å². The van der Waals surface area contributed by atoms with Gasteiger partial charge in [0.1, 0.15) is 0 Å². The van der Waals surface area contributed by atoms with Crippen LogP contribution in [0.1, 0.15) is 102 Å². The van der Waals surface area contributed by atoms with Gasteiger partial charge in [0.15, 0.2) is 6.33 Å². The van der Waals surface area contributed by atoms with E-state index in [1.165, 1.54) is 88.4 Å². The van der Waals surface area contributed by atoms with Crippen LogP contribution in [-0.2, 0) is 12.8 Å². The third kappa shape index (κ3) is 9.92. The summed E-state index contributed by atoms with van der Waals surface area (Å²) < 4.78 is 0. The Balaban J connectivity index is 2.13. The molecule has 0 saturated carbocycles. The molecule has 0 aromatic carbocycles. The lowest BCUT2D eigenvalue weighted by molar-refractivity contribution is 0.599. The summed E-state index contributed by atoms with van der Waals surface area (Å²) in [6.45, 7) is 4.53. The molecule has 0 bridgehead atoms. The smallest absolute Gasteiger partial charge is 0.198 e. The lowest BCUT2D eigenvalue weighted by Gasteiger charge is -2.04. The van der Waals surface area contributed by atoms with Gasteiger partial charge in [0.25, 0.3) is 0 Å². The number of hydrogen-bond donors (Lipinski definition) is 0. The first-order valence-corrected chi connectivity index (χ1v) is 9.59. The molecule has 0 atom stereocenters. The highest BCUT2D eigenvalue weighted by molar-refractivity contribution is 5.08. The highest BCUT2D eigenvalue weighted by atomic mass is 14.8. The van der Waals surface area contributed by atoms with Crippen LogP contribution in [-0.4, -0.2) is 9.97 Å². The van der Waals surface area contributed by atoms with Gasteiger partial charge < -0.3 is 0 Å². The van der Waals surface area contributed by atoms with Crippen molar-refractivity contribution >= 4 is 0 Å². The molecule has 0 saturated heterocycles. The largest absolute Gasteiger partial charge is 0.230 e. The molecule has 2 nitrogen and oxygen atoms in total. The predicted octanol–water partition coefficient (Wildman–Crippen LogP) is 6.08. The summed E-state index contributed by atoms with van der Waals surface area (Å²) in [5.74, 6) is 0. The third-order valence-corrected chi connectivity index (χ3v) is 4.29. The summed E-state index contributed by atoms with van der Waals surface area (Å²) >= 11 is 0. The summed E-state index contributed by atoms with van der Waals surface area (Å²) in [5, 5.41) is 0. The van der Waals surface area contributed by atoms with Gasteiger partial charge in [0.2, 0.25) is 0 Å². The Bertz CT molecular complexity index is 331. The summed E-state index contributed by atoms with van der Waals surface area (Å²) in [7, 11) is 0. The summed E-state index contributed by atoms with van der Waals surface area (Å²) in [4.78, 5) is 8.61. The summed E-state index contributed by atoms with van der Waals surface area (Å²) in [6, 6.07) is 2.20. The molecule has 0 fully saturated rings. The topological polar surface area (TPSA) is 25.8 Å². The van der Waals surface area contributed by atoms with Gasteiger partial charge in [0, 0.05) is 11.4 Å². The van der Waals surface area contributed by atoms with Crippen LogP contribution >= 0.6 is 0 Å². The van der Waals surface area contributed by atoms with E-state index in [9.17, 15) is 0 Å². The van der Waals surface area contributed by atoms with Crippen LogP contribution < -0.4 is 0 Å². The van der Waals surface area contributed by atoms with Crippen molar-refractivity contribution in [3.05, 3.63) is 23.8 Å². The highest BCUT2D eigenvalue weighted by Crippen LogP contribution is 2.11. The van der Waals surface area contributed by atoms with E-state index < -0.39 is 0 Å². The second-order valence-corrected chi connectivity index (χ2v) is 6.49. The zero-order valence-electron chi connectivity index (χ0n) is 14.9. The van der Waals surface area contributed by atoms with Crippen LogP contribution in [0.25, 0.3) is 0 Å².